The zero-order valence-corrected chi connectivity index (χ0v) is 10.6. The first-order chi connectivity index (χ1) is 9.74. The van der Waals surface area contributed by atoms with Gasteiger partial charge in [-0.1, -0.05) is 30.3 Å². The van der Waals surface area contributed by atoms with E-state index in [4.69, 9.17) is 9.52 Å². The Bertz CT molecular complexity index is 728. The molecule has 20 heavy (non-hydrogen) atoms. The summed E-state index contributed by atoms with van der Waals surface area (Å²) in [6.07, 6.45) is 4.80. The van der Waals surface area contributed by atoms with Crippen LogP contribution in [-0.4, -0.2) is 20.6 Å². The molecule has 1 N–H and O–H groups in total. The Labute approximate surface area is 115 Å². The number of imidazole rings is 1. The van der Waals surface area contributed by atoms with E-state index in [1.807, 2.05) is 41.1 Å². The van der Waals surface area contributed by atoms with Gasteiger partial charge in [-0.15, -0.1) is 0 Å². The van der Waals surface area contributed by atoms with Gasteiger partial charge < -0.3 is 14.1 Å². The van der Waals surface area contributed by atoms with Crippen LogP contribution in [0.25, 0.3) is 11.4 Å². The van der Waals surface area contributed by atoms with Gasteiger partial charge in [-0.2, -0.15) is 0 Å². The van der Waals surface area contributed by atoms with Crippen LogP contribution in [0.4, 0.5) is 0 Å². The van der Waals surface area contributed by atoms with Gasteiger partial charge in [-0.3, -0.25) is 0 Å². The van der Waals surface area contributed by atoms with Gasteiger partial charge in [-0.25, -0.2) is 9.78 Å². The molecule has 0 aliphatic rings. The molecule has 0 amide bonds. The van der Waals surface area contributed by atoms with Gasteiger partial charge in [0.1, 0.15) is 17.8 Å². The second-order valence-corrected chi connectivity index (χ2v) is 4.35. The van der Waals surface area contributed by atoms with E-state index in [2.05, 4.69) is 4.98 Å². The Morgan fingerprint density at radius 3 is 2.80 bits per heavy atom. The van der Waals surface area contributed by atoms with Gasteiger partial charge in [0.05, 0.1) is 12.1 Å². The second kappa shape index (κ2) is 5.05. The minimum absolute atomic E-state index is 0.154. The first-order valence-electron chi connectivity index (χ1n) is 6.11. The molecule has 0 fully saturated rings. The zero-order valence-electron chi connectivity index (χ0n) is 10.6. The molecular weight excluding hydrogens is 256 g/mol. The standard InChI is InChI=1S/C15H12N2O3/c18-15(19)12-8-13(20-10-12)9-17-7-6-16-14(17)11-4-2-1-3-5-11/h1-8,10H,9H2,(H,18,19). The third-order valence-electron chi connectivity index (χ3n) is 2.97. The summed E-state index contributed by atoms with van der Waals surface area (Å²) < 4.78 is 7.18. The van der Waals surface area contributed by atoms with E-state index in [1.165, 1.54) is 12.3 Å². The van der Waals surface area contributed by atoms with Crippen molar-refractivity contribution in [2.24, 2.45) is 0 Å². The maximum Gasteiger partial charge on any atom is 0.338 e. The Morgan fingerprint density at radius 1 is 1.30 bits per heavy atom. The summed E-state index contributed by atoms with van der Waals surface area (Å²) >= 11 is 0. The Hall–Kier alpha value is -2.82. The van der Waals surface area contributed by atoms with Crippen LogP contribution in [0, 0.1) is 0 Å². The molecule has 0 radical (unpaired) electrons. The first kappa shape index (κ1) is 12.2. The van der Waals surface area contributed by atoms with Crippen LogP contribution in [0.1, 0.15) is 16.1 Å². The number of rotatable bonds is 4. The van der Waals surface area contributed by atoms with E-state index in [0.717, 1.165) is 11.4 Å². The summed E-state index contributed by atoms with van der Waals surface area (Å²) in [4.78, 5) is 15.2. The minimum atomic E-state index is -0.992. The second-order valence-electron chi connectivity index (χ2n) is 4.35. The molecule has 0 saturated heterocycles. The van der Waals surface area contributed by atoms with Crippen molar-refractivity contribution < 1.29 is 14.3 Å². The highest BCUT2D eigenvalue weighted by atomic mass is 16.4. The number of carboxylic acids is 1. The molecule has 0 aliphatic carbocycles. The maximum atomic E-state index is 10.8. The molecule has 2 aromatic heterocycles. The number of aromatic nitrogens is 2. The topological polar surface area (TPSA) is 68.3 Å². The molecule has 0 unspecified atom stereocenters. The van der Waals surface area contributed by atoms with Crippen LogP contribution in [0.2, 0.25) is 0 Å². The lowest BCUT2D eigenvalue weighted by Gasteiger charge is -2.05. The smallest absolute Gasteiger partial charge is 0.338 e. The Kier molecular flexibility index (Phi) is 3.09. The third kappa shape index (κ3) is 2.33. The molecular formula is C15H12N2O3. The highest BCUT2D eigenvalue weighted by Gasteiger charge is 2.11. The van der Waals surface area contributed by atoms with Crippen LogP contribution in [0.3, 0.4) is 0 Å². The lowest BCUT2D eigenvalue weighted by Crippen LogP contribution is -2.00. The third-order valence-corrected chi connectivity index (χ3v) is 2.97. The maximum absolute atomic E-state index is 10.8. The number of carboxylic acid groups (broad SMARTS) is 1. The van der Waals surface area contributed by atoms with Crippen LogP contribution < -0.4 is 0 Å². The largest absolute Gasteiger partial charge is 0.478 e. The van der Waals surface area contributed by atoms with Crippen molar-refractivity contribution in [3.8, 4) is 11.4 Å². The molecule has 3 rings (SSSR count). The molecule has 100 valence electrons. The Morgan fingerprint density at radius 2 is 2.10 bits per heavy atom. The van der Waals surface area contributed by atoms with E-state index < -0.39 is 5.97 Å². The number of hydrogen-bond donors (Lipinski definition) is 1. The van der Waals surface area contributed by atoms with Crippen LogP contribution >= 0.6 is 0 Å². The lowest BCUT2D eigenvalue weighted by atomic mass is 10.2. The van der Waals surface area contributed by atoms with Crippen molar-refractivity contribution >= 4 is 5.97 Å². The highest BCUT2D eigenvalue weighted by Crippen LogP contribution is 2.19. The van der Waals surface area contributed by atoms with Crippen LogP contribution in [0.5, 0.6) is 0 Å². The first-order valence-corrected chi connectivity index (χ1v) is 6.11. The molecule has 1 aromatic carbocycles. The lowest BCUT2D eigenvalue weighted by molar-refractivity contribution is 0.0696. The molecule has 0 spiro atoms. The monoisotopic (exact) mass is 268 g/mol. The van der Waals surface area contributed by atoms with E-state index in [1.54, 1.807) is 6.20 Å². The van der Waals surface area contributed by atoms with Crippen LogP contribution in [-0.2, 0) is 6.54 Å². The number of aromatic carboxylic acids is 1. The van der Waals surface area contributed by atoms with E-state index >= 15 is 0 Å². The van der Waals surface area contributed by atoms with Gasteiger partial charge in [0.25, 0.3) is 0 Å². The predicted molar refractivity (Wildman–Crippen MR) is 72.4 cm³/mol. The summed E-state index contributed by atoms with van der Waals surface area (Å²) in [5.41, 5.74) is 1.16. The van der Waals surface area contributed by atoms with Crippen LogP contribution in [0.15, 0.2) is 59.5 Å². The average Bonchev–Trinajstić information content (AvgIpc) is 3.09. The Balaban J connectivity index is 1.88. The fourth-order valence-corrected chi connectivity index (χ4v) is 2.03. The number of carbonyl (C=O) groups is 1. The zero-order chi connectivity index (χ0) is 13.9. The summed E-state index contributed by atoms with van der Waals surface area (Å²) in [7, 11) is 0. The average molecular weight is 268 g/mol. The van der Waals surface area contributed by atoms with Gasteiger partial charge in [0.15, 0.2) is 0 Å². The summed E-state index contributed by atoms with van der Waals surface area (Å²) in [5, 5.41) is 8.88. The number of furan rings is 1. The van der Waals surface area contributed by atoms with Crippen molar-refractivity contribution in [2.75, 3.05) is 0 Å². The molecule has 0 aliphatic heterocycles. The van der Waals surface area contributed by atoms with Crippen molar-refractivity contribution in [3.63, 3.8) is 0 Å². The molecule has 3 aromatic rings. The minimum Gasteiger partial charge on any atom is -0.478 e. The predicted octanol–water partition coefficient (Wildman–Crippen LogP) is 2.89. The quantitative estimate of drug-likeness (QED) is 0.790. The number of benzene rings is 1. The van der Waals surface area contributed by atoms with Gasteiger partial charge in [0.2, 0.25) is 0 Å². The molecule has 0 bridgehead atoms. The van der Waals surface area contributed by atoms with Gasteiger partial charge in [0, 0.05) is 18.0 Å². The number of nitrogens with zero attached hydrogens (tertiary/aromatic N) is 2. The SMILES string of the molecule is O=C(O)c1coc(Cn2ccnc2-c2ccccc2)c1. The molecule has 0 saturated carbocycles. The normalized spacial score (nSPS) is 10.6. The van der Waals surface area contributed by atoms with E-state index in [0.29, 0.717) is 12.3 Å². The summed E-state index contributed by atoms with van der Waals surface area (Å²) in [6.45, 7) is 0.442. The highest BCUT2D eigenvalue weighted by molar-refractivity contribution is 5.87. The van der Waals surface area contributed by atoms with E-state index in [-0.39, 0.29) is 5.56 Å². The van der Waals surface area contributed by atoms with Crippen molar-refractivity contribution in [1.29, 1.82) is 0 Å². The van der Waals surface area contributed by atoms with Gasteiger partial charge >= 0.3 is 5.97 Å². The molecule has 5 nitrogen and oxygen atoms in total. The molecule has 5 heteroatoms. The molecule has 2 heterocycles. The van der Waals surface area contributed by atoms with Gasteiger partial charge in [-0.05, 0) is 6.07 Å². The van der Waals surface area contributed by atoms with Crippen molar-refractivity contribution in [2.45, 2.75) is 6.54 Å². The number of hydrogen-bond acceptors (Lipinski definition) is 3. The molecule has 0 atom stereocenters. The fourth-order valence-electron chi connectivity index (χ4n) is 2.03. The van der Waals surface area contributed by atoms with Crippen molar-refractivity contribution in [3.05, 3.63) is 66.4 Å². The van der Waals surface area contributed by atoms with Crippen molar-refractivity contribution in [1.82, 2.24) is 9.55 Å². The summed E-state index contributed by atoms with van der Waals surface area (Å²) in [5.74, 6) is 0.408. The van der Waals surface area contributed by atoms with E-state index in [9.17, 15) is 4.79 Å². The summed E-state index contributed by atoms with van der Waals surface area (Å²) in [6, 6.07) is 11.3. The fraction of sp³-hybridized carbons (Fsp3) is 0.0667.